The zero-order valence-electron chi connectivity index (χ0n) is 11.8. The van der Waals surface area contributed by atoms with Gasteiger partial charge < -0.3 is 4.98 Å². The van der Waals surface area contributed by atoms with Gasteiger partial charge in [-0.1, -0.05) is 26.0 Å². The Balaban J connectivity index is 2.06. The lowest BCUT2D eigenvalue weighted by atomic mass is 10.0. The number of hydrogen-bond donors (Lipinski definition) is 3. The predicted octanol–water partition coefficient (Wildman–Crippen LogP) is 1.76. The lowest BCUT2D eigenvalue weighted by molar-refractivity contribution is 0.0940. The first kappa shape index (κ1) is 15.3. The van der Waals surface area contributed by atoms with Crippen LogP contribution in [0.3, 0.4) is 0 Å². The van der Waals surface area contributed by atoms with Gasteiger partial charge in [0, 0.05) is 6.20 Å². The van der Waals surface area contributed by atoms with E-state index in [0.717, 1.165) is 5.56 Å². The van der Waals surface area contributed by atoms with Gasteiger partial charge in [-0.25, -0.2) is 8.42 Å². The Labute approximate surface area is 123 Å². The molecule has 0 saturated carbocycles. The molecule has 2 aromatic rings. The van der Waals surface area contributed by atoms with Gasteiger partial charge in [0.15, 0.2) is 0 Å². The molecule has 1 aromatic carbocycles. The molecular formula is C14H17N3O3S. The fourth-order valence-electron chi connectivity index (χ4n) is 1.74. The number of H-pyrrole nitrogens is 1. The molecule has 0 atom stereocenters. The van der Waals surface area contributed by atoms with Crippen molar-refractivity contribution < 1.29 is 13.2 Å². The second kappa shape index (κ2) is 6.11. The van der Waals surface area contributed by atoms with Gasteiger partial charge in [-0.15, -0.1) is 4.83 Å². The number of hydrogen-bond acceptors (Lipinski definition) is 3. The summed E-state index contributed by atoms with van der Waals surface area (Å²) in [5.74, 6) is -0.232. The smallest absolute Gasteiger partial charge is 0.282 e. The minimum atomic E-state index is -3.78. The van der Waals surface area contributed by atoms with E-state index in [1.54, 1.807) is 30.5 Å². The van der Waals surface area contributed by atoms with Crippen molar-refractivity contribution in [2.24, 2.45) is 0 Å². The molecule has 2 rings (SSSR count). The normalized spacial score (nSPS) is 11.6. The van der Waals surface area contributed by atoms with Gasteiger partial charge >= 0.3 is 0 Å². The summed E-state index contributed by atoms with van der Waals surface area (Å²) in [5.41, 5.74) is 3.47. The van der Waals surface area contributed by atoms with Crippen LogP contribution in [0.2, 0.25) is 0 Å². The molecule has 0 spiro atoms. The minimum absolute atomic E-state index is 0.0960. The standard InChI is InChI=1S/C14H17N3O3S/c1-10(2)11-5-7-12(8-6-11)21(19,20)17-16-14(18)13-4-3-9-15-13/h3-10,15,17H,1-2H3,(H,16,18). The topological polar surface area (TPSA) is 91.1 Å². The maximum atomic E-state index is 12.1. The highest BCUT2D eigenvalue weighted by atomic mass is 32.2. The van der Waals surface area contributed by atoms with E-state index < -0.39 is 15.9 Å². The molecule has 0 aliphatic carbocycles. The van der Waals surface area contributed by atoms with Crippen LogP contribution in [0.1, 0.15) is 35.8 Å². The highest BCUT2D eigenvalue weighted by Gasteiger charge is 2.16. The van der Waals surface area contributed by atoms with Crippen LogP contribution < -0.4 is 10.3 Å². The van der Waals surface area contributed by atoms with E-state index in [0.29, 0.717) is 5.92 Å². The first-order valence-corrected chi connectivity index (χ1v) is 7.94. The SMILES string of the molecule is CC(C)c1ccc(S(=O)(=O)NNC(=O)c2ccc[nH]2)cc1. The summed E-state index contributed by atoms with van der Waals surface area (Å²) >= 11 is 0. The van der Waals surface area contributed by atoms with Crippen LogP contribution >= 0.6 is 0 Å². The second-order valence-electron chi connectivity index (χ2n) is 4.87. The molecule has 0 radical (unpaired) electrons. The van der Waals surface area contributed by atoms with Crippen LogP contribution in [0.5, 0.6) is 0 Å². The van der Waals surface area contributed by atoms with Gasteiger partial charge in [0.2, 0.25) is 0 Å². The first-order chi connectivity index (χ1) is 9.90. The molecule has 0 aliphatic heterocycles. The Hall–Kier alpha value is -2.12. The van der Waals surface area contributed by atoms with Crippen molar-refractivity contribution in [1.82, 2.24) is 15.2 Å². The number of sulfonamides is 1. The van der Waals surface area contributed by atoms with Gasteiger partial charge in [0.1, 0.15) is 5.69 Å². The third-order valence-corrected chi connectivity index (χ3v) is 4.26. The summed E-state index contributed by atoms with van der Waals surface area (Å²) in [7, 11) is -3.78. The summed E-state index contributed by atoms with van der Waals surface area (Å²) in [6, 6.07) is 9.73. The Bertz CT molecular complexity index is 704. The van der Waals surface area contributed by atoms with Gasteiger partial charge in [-0.3, -0.25) is 10.2 Å². The average Bonchev–Trinajstić information content (AvgIpc) is 2.99. The third kappa shape index (κ3) is 3.71. The van der Waals surface area contributed by atoms with Crippen LogP contribution in [-0.2, 0) is 10.0 Å². The van der Waals surface area contributed by atoms with Crippen molar-refractivity contribution >= 4 is 15.9 Å². The zero-order valence-corrected chi connectivity index (χ0v) is 12.6. The number of carbonyl (C=O) groups is 1. The number of aromatic nitrogens is 1. The van der Waals surface area contributed by atoms with E-state index in [9.17, 15) is 13.2 Å². The Morgan fingerprint density at radius 3 is 2.33 bits per heavy atom. The lowest BCUT2D eigenvalue weighted by Crippen LogP contribution is -2.41. The van der Waals surface area contributed by atoms with Crippen LogP contribution in [-0.4, -0.2) is 19.3 Å². The first-order valence-electron chi connectivity index (χ1n) is 6.45. The predicted molar refractivity (Wildman–Crippen MR) is 79.1 cm³/mol. The summed E-state index contributed by atoms with van der Waals surface area (Å²) in [6.45, 7) is 4.05. The third-order valence-electron chi connectivity index (χ3n) is 3.00. The van der Waals surface area contributed by atoms with Crippen molar-refractivity contribution in [1.29, 1.82) is 0 Å². The molecule has 112 valence electrons. The fraction of sp³-hybridized carbons (Fsp3) is 0.214. The second-order valence-corrected chi connectivity index (χ2v) is 6.55. The van der Waals surface area contributed by atoms with Crippen LogP contribution in [0, 0.1) is 0 Å². The fourth-order valence-corrected chi connectivity index (χ4v) is 2.58. The number of amides is 1. The molecule has 0 saturated heterocycles. The van der Waals surface area contributed by atoms with E-state index in [2.05, 4.69) is 15.2 Å². The van der Waals surface area contributed by atoms with Crippen LogP contribution in [0.25, 0.3) is 0 Å². The minimum Gasteiger partial charge on any atom is -0.357 e. The van der Waals surface area contributed by atoms with Crippen molar-refractivity contribution in [2.45, 2.75) is 24.7 Å². The molecular weight excluding hydrogens is 290 g/mol. The van der Waals surface area contributed by atoms with Crippen molar-refractivity contribution in [3.05, 3.63) is 53.9 Å². The largest absolute Gasteiger partial charge is 0.357 e. The lowest BCUT2D eigenvalue weighted by Gasteiger charge is -2.09. The van der Waals surface area contributed by atoms with E-state index in [1.807, 2.05) is 13.8 Å². The molecule has 3 N–H and O–H groups in total. The van der Waals surface area contributed by atoms with E-state index in [4.69, 9.17) is 0 Å². The molecule has 1 amide bonds. The van der Waals surface area contributed by atoms with Gasteiger partial charge in [0.05, 0.1) is 4.90 Å². The van der Waals surface area contributed by atoms with Gasteiger partial charge in [0.25, 0.3) is 15.9 Å². The maximum Gasteiger partial charge on any atom is 0.282 e. The number of hydrazine groups is 1. The number of rotatable bonds is 5. The maximum absolute atomic E-state index is 12.1. The summed E-state index contributed by atoms with van der Waals surface area (Å²) in [5, 5.41) is 0. The monoisotopic (exact) mass is 307 g/mol. The molecule has 0 bridgehead atoms. The average molecular weight is 307 g/mol. The summed E-state index contributed by atoms with van der Waals surface area (Å²) in [6.07, 6.45) is 1.58. The van der Waals surface area contributed by atoms with Crippen LogP contribution in [0.15, 0.2) is 47.5 Å². The molecule has 21 heavy (non-hydrogen) atoms. The molecule has 0 unspecified atom stereocenters. The molecule has 1 aromatic heterocycles. The van der Waals surface area contributed by atoms with Crippen molar-refractivity contribution in [2.75, 3.05) is 0 Å². The number of nitrogens with one attached hydrogen (secondary N) is 3. The van der Waals surface area contributed by atoms with Gasteiger partial charge in [-0.2, -0.15) is 0 Å². The van der Waals surface area contributed by atoms with Crippen molar-refractivity contribution in [3.8, 4) is 0 Å². The number of aromatic amines is 1. The van der Waals surface area contributed by atoms with E-state index >= 15 is 0 Å². The number of benzene rings is 1. The quantitative estimate of drug-likeness (QED) is 0.735. The molecule has 0 aliphatic rings. The number of carbonyl (C=O) groups excluding carboxylic acids is 1. The van der Waals surface area contributed by atoms with E-state index in [-0.39, 0.29) is 10.6 Å². The Kier molecular flexibility index (Phi) is 4.44. The zero-order chi connectivity index (χ0) is 15.5. The highest BCUT2D eigenvalue weighted by Crippen LogP contribution is 2.16. The Morgan fingerprint density at radius 2 is 1.81 bits per heavy atom. The van der Waals surface area contributed by atoms with Crippen LogP contribution in [0.4, 0.5) is 0 Å². The van der Waals surface area contributed by atoms with Gasteiger partial charge in [-0.05, 0) is 35.7 Å². The molecule has 7 heteroatoms. The van der Waals surface area contributed by atoms with Crippen molar-refractivity contribution in [3.63, 3.8) is 0 Å². The Morgan fingerprint density at radius 1 is 1.14 bits per heavy atom. The molecule has 1 heterocycles. The summed E-state index contributed by atoms with van der Waals surface area (Å²) in [4.78, 5) is 16.5. The van der Waals surface area contributed by atoms with E-state index in [1.165, 1.54) is 12.1 Å². The highest BCUT2D eigenvalue weighted by molar-refractivity contribution is 7.89. The molecule has 0 fully saturated rings. The molecule has 6 nitrogen and oxygen atoms in total. The summed E-state index contributed by atoms with van der Waals surface area (Å²) < 4.78 is 24.1.